The highest BCUT2D eigenvalue weighted by Gasteiger charge is 2.35. The standard InChI is InChI=1S/C13H16Cl3N5O4S/c1-20(2)12(22)19-10(13(14,15)16)18-11(26)17-8-6-7(21(23)24)4-5-9(8)25-3/h4-6,10H,1-3H3,(H,19,22)(H2,17,18,26)/t10-/m0/s1. The maximum absolute atomic E-state index is 11.8. The summed E-state index contributed by atoms with van der Waals surface area (Å²) in [6.45, 7) is 0. The predicted molar refractivity (Wildman–Crippen MR) is 105 cm³/mol. The van der Waals surface area contributed by atoms with Crippen LogP contribution in [-0.2, 0) is 0 Å². The fourth-order valence-corrected chi connectivity index (χ4v) is 2.20. The Kier molecular flexibility index (Phi) is 7.94. The Bertz CT molecular complexity index is 699. The van der Waals surface area contributed by atoms with Crippen molar-refractivity contribution < 1.29 is 14.5 Å². The average Bonchev–Trinajstić information content (AvgIpc) is 2.52. The Balaban J connectivity index is 2.96. The number of ether oxygens (including phenoxy) is 1. The van der Waals surface area contributed by atoms with Gasteiger partial charge >= 0.3 is 6.03 Å². The summed E-state index contributed by atoms with van der Waals surface area (Å²) >= 11 is 22.7. The molecule has 0 aliphatic heterocycles. The fraction of sp³-hybridized carbons (Fsp3) is 0.385. The second-order valence-electron chi connectivity index (χ2n) is 5.06. The molecule has 3 N–H and O–H groups in total. The first-order valence-electron chi connectivity index (χ1n) is 6.90. The van der Waals surface area contributed by atoms with E-state index >= 15 is 0 Å². The summed E-state index contributed by atoms with van der Waals surface area (Å²) in [6, 6.07) is 3.39. The number of urea groups is 1. The monoisotopic (exact) mass is 443 g/mol. The lowest BCUT2D eigenvalue weighted by molar-refractivity contribution is -0.384. The zero-order chi connectivity index (χ0) is 20.1. The lowest BCUT2D eigenvalue weighted by atomic mass is 10.2. The summed E-state index contributed by atoms with van der Waals surface area (Å²) in [5, 5.41) is 18.6. The quantitative estimate of drug-likeness (QED) is 0.211. The smallest absolute Gasteiger partial charge is 0.318 e. The van der Waals surface area contributed by atoms with Gasteiger partial charge in [0, 0.05) is 26.2 Å². The first-order valence-corrected chi connectivity index (χ1v) is 8.44. The van der Waals surface area contributed by atoms with Crippen molar-refractivity contribution in [1.29, 1.82) is 0 Å². The minimum atomic E-state index is -1.93. The number of nitrogens with zero attached hydrogens (tertiary/aromatic N) is 2. The molecule has 0 saturated carbocycles. The summed E-state index contributed by atoms with van der Waals surface area (Å²) in [4.78, 5) is 23.4. The van der Waals surface area contributed by atoms with Crippen LogP contribution < -0.4 is 20.7 Å². The summed E-state index contributed by atoms with van der Waals surface area (Å²) in [5.41, 5.74) is 0.0520. The molecule has 0 fully saturated rings. The van der Waals surface area contributed by atoms with Crippen LogP contribution >= 0.6 is 47.0 Å². The number of nitro groups is 1. The molecule has 13 heteroatoms. The zero-order valence-electron chi connectivity index (χ0n) is 13.9. The van der Waals surface area contributed by atoms with E-state index in [2.05, 4.69) is 16.0 Å². The molecule has 0 heterocycles. The van der Waals surface area contributed by atoms with Crippen molar-refractivity contribution in [3.8, 4) is 5.75 Å². The Morgan fingerprint density at radius 3 is 2.42 bits per heavy atom. The van der Waals surface area contributed by atoms with Gasteiger partial charge in [0.15, 0.2) is 11.3 Å². The van der Waals surface area contributed by atoms with Crippen molar-refractivity contribution in [3.63, 3.8) is 0 Å². The Hall–Kier alpha value is -1.75. The van der Waals surface area contributed by atoms with Crippen LogP contribution in [0.2, 0.25) is 0 Å². The molecule has 0 unspecified atom stereocenters. The van der Waals surface area contributed by atoms with E-state index in [0.29, 0.717) is 5.75 Å². The van der Waals surface area contributed by atoms with Gasteiger partial charge in [0.2, 0.25) is 3.79 Å². The summed E-state index contributed by atoms with van der Waals surface area (Å²) < 4.78 is 3.20. The number of thiocarbonyl (C=S) groups is 1. The van der Waals surface area contributed by atoms with Gasteiger partial charge in [-0.05, 0) is 18.3 Å². The average molecular weight is 445 g/mol. The third-order valence-corrected chi connectivity index (χ3v) is 3.79. The van der Waals surface area contributed by atoms with Gasteiger partial charge < -0.3 is 25.6 Å². The van der Waals surface area contributed by atoms with Crippen LogP contribution in [0.15, 0.2) is 18.2 Å². The number of non-ortho nitro benzene ring substituents is 1. The van der Waals surface area contributed by atoms with Crippen molar-refractivity contribution in [2.45, 2.75) is 9.96 Å². The maximum Gasteiger partial charge on any atom is 0.318 e. The molecular weight excluding hydrogens is 429 g/mol. The number of methoxy groups -OCH3 is 1. The molecule has 1 aromatic carbocycles. The highest BCUT2D eigenvalue weighted by molar-refractivity contribution is 7.80. The van der Waals surface area contributed by atoms with Crippen LogP contribution in [0.3, 0.4) is 0 Å². The molecule has 1 aromatic rings. The largest absolute Gasteiger partial charge is 0.495 e. The molecule has 1 atom stereocenters. The number of anilines is 1. The van der Waals surface area contributed by atoms with Gasteiger partial charge in [-0.3, -0.25) is 10.1 Å². The summed E-state index contributed by atoms with van der Waals surface area (Å²) in [5.74, 6) is 0.308. The SMILES string of the molecule is COc1ccc([N+](=O)[O-])cc1NC(=S)N[C@@H](NC(=O)N(C)C)C(Cl)(Cl)Cl. The molecule has 144 valence electrons. The van der Waals surface area contributed by atoms with Gasteiger partial charge in [0.1, 0.15) is 5.75 Å². The number of amides is 2. The van der Waals surface area contributed by atoms with Crippen molar-refractivity contribution in [1.82, 2.24) is 15.5 Å². The van der Waals surface area contributed by atoms with E-state index < -0.39 is 20.9 Å². The van der Waals surface area contributed by atoms with E-state index in [4.69, 9.17) is 51.8 Å². The lowest BCUT2D eigenvalue weighted by Crippen LogP contribution is -2.57. The van der Waals surface area contributed by atoms with Crippen molar-refractivity contribution in [3.05, 3.63) is 28.3 Å². The number of hydrogen-bond donors (Lipinski definition) is 3. The molecule has 26 heavy (non-hydrogen) atoms. The maximum atomic E-state index is 11.8. The van der Waals surface area contributed by atoms with Crippen LogP contribution in [-0.4, -0.2) is 52.1 Å². The molecule has 0 spiro atoms. The molecule has 0 aliphatic rings. The topological polar surface area (TPSA) is 109 Å². The third kappa shape index (κ3) is 6.52. The zero-order valence-corrected chi connectivity index (χ0v) is 17.0. The predicted octanol–water partition coefficient (Wildman–Crippen LogP) is 2.86. The van der Waals surface area contributed by atoms with Crippen molar-refractivity contribution in [2.24, 2.45) is 0 Å². The van der Waals surface area contributed by atoms with Crippen LogP contribution in [0.25, 0.3) is 0 Å². The molecule has 1 rings (SSSR count). The molecule has 9 nitrogen and oxygen atoms in total. The van der Waals surface area contributed by atoms with Gasteiger partial charge in [-0.25, -0.2) is 4.79 Å². The highest BCUT2D eigenvalue weighted by Crippen LogP contribution is 2.31. The molecule has 0 radical (unpaired) electrons. The number of benzene rings is 1. The number of carbonyl (C=O) groups is 1. The van der Waals surface area contributed by atoms with Gasteiger partial charge in [-0.2, -0.15) is 0 Å². The van der Waals surface area contributed by atoms with Gasteiger partial charge in [0.05, 0.1) is 17.7 Å². The van der Waals surface area contributed by atoms with E-state index in [0.717, 1.165) is 0 Å². The third-order valence-electron chi connectivity index (χ3n) is 2.92. The minimum absolute atomic E-state index is 0.0563. The number of halogens is 3. The van der Waals surface area contributed by atoms with Crippen LogP contribution in [0.1, 0.15) is 0 Å². The molecular formula is C13H16Cl3N5O4S. The van der Waals surface area contributed by atoms with E-state index in [1.807, 2.05) is 0 Å². The second kappa shape index (κ2) is 9.26. The summed E-state index contributed by atoms with van der Waals surface area (Å²) in [7, 11) is 4.41. The molecule has 0 bridgehead atoms. The molecule has 0 saturated heterocycles. The van der Waals surface area contributed by atoms with E-state index in [-0.39, 0.29) is 16.5 Å². The number of alkyl halides is 3. The number of rotatable bonds is 5. The number of hydrogen-bond acceptors (Lipinski definition) is 5. The van der Waals surface area contributed by atoms with Gasteiger partial charge in [-0.1, -0.05) is 34.8 Å². The molecule has 0 aliphatic carbocycles. The first-order chi connectivity index (χ1) is 12.0. The highest BCUT2D eigenvalue weighted by atomic mass is 35.6. The minimum Gasteiger partial charge on any atom is -0.495 e. The molecule has 0 aromatic heterocycles. The van der Waals surface area contributed by atoms with Crippen molar-refractivity contribution in [2.75, 3.05) is 26.5 Å². The number of carbonyl (C=O) groups excluding carboxylic acids is 1. The Morgan fingerprint density at radius 1 is 1.35 bits per heavy atom. The van der Waals surface area contributed by atoms with E-state index in [9.17, 15) is 14.9 Å². The van der Waals surface area contributed by atoms with E-state index in [1.165, 1.54) is 44.3 Å². The Labute approximate surface area is 170 Å². The van der Waals surface area contributed by atoms with E-state index in [1.54, 1.807) is 0 Å². The number of nitro benzene ring substituents is 1. The lowest BCUT2D eigenvalue weighted by Gasteiger charge is -2.29. The molecule has 2 amide bonds. The second-order valence-corrected chi connectivity index (χ2v) is 7.84. The number of nitrogens with one attached hydrogen (secondary N) is 3. The van der Waals surface area contributed by atoms with Crippen LogP contribution in [0.5, 0.6) is 5.75 Å². The van der Waals surface area contributed by atoms with Crippen molar-refractivity contribution >= 4 is 69.5 Å². The van der Waals surface area contributed by atoms with Gasteiger partial charge in [-0.15, -0.1) is 0 Å². The first kappa shape index (κ1) is 22.3. The summed E-state index contributed by atoms with van der Waals surface area (Å²) in [6.07, 6.45) is -1.17. The van der Waals surface area contributed by atoms with Crippen LogP contribution in [0, 0.1) is 10.1 Å². The normalized spacial score (nSPS) is 11.9. The van der Waals surface area contributed by atoms with Crippen LogP contribution in [0.4, 0.5) is 16.2 Å². The fourth-order valence-electron chi connectivity index (χ4n) is 1.65. The van der Waals surface area contributed by atoms with Gasteiger partial charge in [0.25, 0.3) is 5.69 Å². The Morgan fingerprint density at radius 2 is 1.96 bits per heavy atom.